The first-order valence-corrected chi connectivity index (χ1v) is 9.05. The van der Waals surface area contributed by atoms with Crippen LogP contribution in [-0.4, -0.2) is 11.2 Å². The van der Waals surface area contributed by atoms with Crippen LogP contribution in [0.1, 0.15) is 54.7 Å². The number of hydrogen-bond acceptors (Lipinski definition) is 1. The molecule has 0 saturated heterocycles. The highest BCUT2D eigenvalue weighted by Gasteiger charge is 2.28. The Labute approximate surface area is 145 Å². The third-order valence-corrected chi connectivity index (χ3v) is 5.06. The standard InChI is InChI=1S/C23H26O/c1-18-12-15-20(16-13-18)22(17-14-19-8-4-2-5-9-19)23(24)21-10-6-3-7-11-21/h2,4-5,8-9,12-13,15-16,21-24H,3,6-7,10-11H2,1H3/t22?,23-/m1/s1. The highest BCUT2D eigenvalue weighted by Crippen LogP contribution is 2.33. The van der Waals surface area contributed by atoms with E-state index in [-0.39, 0.29) is 12.0 Å². The smallest absolute Gasteiger partial charge is 0.0746 e. The molecule has 1 unspecified atom stereocenters. The predicted octanol–water partition coefficient (Wildman–Crippen LogP) is 5.07. The summed E-state index contributed by atoms with van der Waals surface area (Å²) < 4.78 is 0. The van der Waals surface area contributed by atoms with Crippen molar-refractivity contribution < 1.29 is 5.11 Å². The fourth-order valence-electron chi connectivity index (χ4n) is 3.57. The summed E-state index contributed by atoms with van der Waals surface area (Å²) in [6, 6.07) is 18.5. The number of aliphatic hydroxyl groups is 1. The van der Waals surface area contributed by atoms with Crippen molar-refractivity contribution in [1.29, 1.82) is 0 Å². The van der Waals surface area contributed by atoms with Crippen LogP contribution in [0.5, 0.6) is 0 Å². The minimum absolute atomic E-state index is 0.117. The monoisotopic (exact) mass is 318 g/mol. The third kappa shape index (κ3) is 4.28. The van der Waals surface area contributed by atoms with Gasteiger partial charge in [0, 0.05) is 5.56 Å². The number of aryl methyl sites for hydroxylation is 1. The lowest BCUT2D eigenvalue weighted by Gasteiger charge is -2.30. The van der Waals surface area contributed by atoms with Crippen LogP contribution in [0.15, 0.2) is 54.6 Å². The van der Waals surface area contributed by atoms with Crippen LogP contribution < -0.4 is 0 Å². The second kappa shape index (κ2) is 8.18. The van der Waals surface area contributed by atoms with Crippen LogP contribution in [-0.2, 0) is 0 Å². The topological polar surface area (TPSA) is 20.2 Å². The lowest BCUT2D eigenvalue weighted by atomic mass is 9.78. The maximum Gasteiger partial charge on any atom is 0.0746 e. The van der Waals surface area contributed by atoms with Crippen LogP contribution in [0, 0.1) is 24.7 Å². The molecule has 2 atom stereocenters. The van der Waals surface area contributed by atoms with Gasteiger partial charge >= 0.3 is 0 Å². The number of benzene rings is 2. The minimum atomic E-state index is -0.385. The predicted molar refractivity (Wildman–Crippen MR) is 99.8 cm³/mol. The molecule has 0 heterocycles. The maximum absolute atomic E-state index is 11.0. The molecular formula is C23H26O. The van der Waals surface area contributed by atoms with Gasteiger partial charge in [-0.05, 0) is 43.4 Å². The van der Waals surface area contributed by atoms with Crippen LogP contribution in [0.3, 0.4) is 0 Å². The molecule has 124 valence electrons. The molecule has 2 aromatic rings. The quantitative estimate of drug-likeness (QED) is 0.783. The Bertz CT molecular complexity index is 684. The van der Waals surface area contributed by atoms with E-state index in [1.54, 1.807) is 0 Å². The first-order valence-electron chi connectivity index (χ1n) is 9.05. The van der Waals surface area contributed by atoms with Gasteiger partial charge < -0.3 is 5.11 Å². The van der Waals surface area contributed by atoms with E-state index in [0.717, 1.165) is 24.0 Å². The maximum atomic E-state index is 11.0. The zero-order chi connectivity index (χ0) is 16.8. The van der Waals surface area contributed by atoms with Crippen molar-refractivity contribution in [2.24, 2.45) is 5.92 Å². The van der Waals surface area contributed by atoms with Crippen molar-refractivity contribution in [3.63, 3.8) is 0 Å². The van der Waals surface area contributed by atoms with E-state index < -0.39 is 0 Å². The Hall–Kier alpha value is -2.04. The molecule has 1 saturated carbocycles. The van der Waals surface area contributed by atoms with Gasteiger partial charge in [0.1, 0.15) is 0 Å². The SMILES string of the molecule is Cc1ccc(C(C#Cc2ccccc2)[C@H](O)C2CCCCC2)cc1. The van der Waals surface area contributed by atoms with Crippen LogP contribution in [0.25, 0.3) is 0 Å². The Morgan fingerprint density at radius 3 is 2.25 bits per heavy atom. The van der Waals surface area contributed by atoms with E-state index in [1.165, 1.54) is 24.8 Å². The minimum Gasteiger partial charge on any atom is -0.391 e. The third-order valence-electron chi connectivity index (χ3n) is 5.06. The summed E-state index contributed by atoms with van der Waals surface area (Å²) in [6.45, 7) is 2.09. The summed E-state index contributed by atoms with van der Waals surface area (Å²) >= 11 is 0. The van der Waals surface area contributed by atoms with E-state index in [2.05, 4.69) is 43.0 Å². The van der Waals surface area contributed by atoms with Gasteiger partial charge in [0.25, 0.3) is 0 Å². The number of rotatable bonds is 3. The zero-order valence-electron chi connectivity index (χ0n) is 14.4. The van der Waals surface area contributed by atoms with Gasteiger partial charge in [-0.3, -0.25) is 0 Å². The molecule has 0 bridgehead atoms. The molecule has 0 aromatic heterocycles. The molecule has 0 radical (unpaired) electrons. The van der Waals surface area contributed by atoms with Crippen molar-refractivity contribution in [3.05, 3.63) is 71.3 Å². The number of aliphatic hydroxyl groups excluding tert-OH is 1. The molecule has 0 aliphatic heterocycles. The summed E-state index contributed by atoms with van der Waals surface area (Å²) in [5.74, 6) is 6.89. The molecule has 3 rings (SSSR count). The molecular weight excluding hydrogens is 292 g/mol. The molecule has 1 N–H and O–H groups in total. The average molecular weight is 318 g/mol. The molecule has 1 fully saturated rings. The van der Waals surface area contributed by atoms with Gasteiger partial charge in [0.15, 0.2) is 0 Å². The fourth-order valence-corrected chi connectivity index (χ4v) is 3.57. The molecule has 0 spiro atoms. The van der Waals surface area contributed by atoms with Crippen LogP contribution >= 0.6 is 0 Å². The van der Waals surface area contributed by atoms with Crippen molar-refractivity contribution >= 4 is 0 Å². The van der Waals surface area contributed by atoms with Gasteiger partial charge in [0.05, 0.1) is 12.0 Å². The number of hydrogen-bond donors (Lipinski definition) is 1. The average Bonchev–Trinajstić information content (AvgIpc) is 2.65. The Morgan fingerprint density at radius 1 is 0.917 bits per heavy atom. The zero-order valence-corrected chi connectivity index (χ0v) is 14.4. The van der Waals surface area contributed by atoms with E-state index in [0.29, 0.717) is 5.92 Å². The Morgan fingerprint density at radius 2 is 1.58 bits per heavy atom. The van der Waals surface area contributed by atoms with Crippen molar-refractivity contribution in [2.45, 2.75) is 51.0 Å². The lowest BCUT2D eigenvalue weighted by Crippen LogP contribution is -2.28. The van der Waals surface area contributed by atoms with Gasteiger partial charge in [0.2, 0.25) is 0 Å². The van der Waals surface area contributed by atoms with Gasteiger partial charge in [-0.15, -0.1) is 0 Å². The first-order chi connectivity index (χ1) is 11.7. The van der Waals surface area contributed by atoms with Gasteiger partial charge in [-0.25, -0.2) is 0 Å². The van der Waals surface area contributed by atoms with E-state index >= 15 is 0 Å². The molecule has 0 amide bonds. The molecule has 24 heavy (non-hydrogen) atoms. The summed E-state index contributed by atoms with van der Waals surface area (Å²) in [6.07, 6.45) is 5.62. The van der Waals surface area contributed by atoms with Crippen LogP contribution in [0.2, 0.25) is 0 Å². The second-order valence-electron chi connectivity index (χ2n) is 6.91. The van der Waals surface area contributed by atoms with E-state index in [1.807, 2.05) is 30.3 Å². The highest BCUT2D eigenvalue weighted by atomic mass is 16.3. The van der Waals surface area contributed by atoms with E-state index in [9.17, 15) is 5.11 Å². The summed E-state index contributed by atoms with van der Waals surface area (Å²) in [5.41, 5.74) is 3.37. The van der Waals surface area contributed by atoms with E-state index in [4.69, 9.17) is 0 Å². The summed E-state index contributed by atoms with van der Waals surface area (Å²) in [4.78, 5) is 0. The second-order valence-corrected chi connectivity index (χ2v) is 6.91. The molecule has 1 aliphatic rings. The van der Waals surface area contributed by atoms with Gasteiger partial charge in [-0.2, -0.15) is 0 Å². The summed E-state index contributed by atoms with van der Waals surface area (Å²) in [7, 11) is 0. The Kier molecular flexibility index (Phi) is 5.72. The van der Waals surface area contributed by atoms with Crippen molar-refractivity contribution in [1.82, 2.24) is 0 Å². The summed E-state index contributed by atoms with van der Waals surface area (Å²) in [5, 5.41) is 11.0. The lowest BCUT2D eigenvalue weighted by molar-refractivity contribution is 0.0749. The van der Waals surface area contributed by atoms with Gasteiger partial charge in [-0.1, -0.05) is 79.1 Å². The molecule has 1 aliphatic carbocycles. The molecule has 2 aromatic carbocycles. The normalized spacial score (nSPS) is 17.6. The largest absolute Gasteiger partial charge is 0.391 e. The molecule has 1 heteroatoms. The van der Waals surface area contributed by atoms with Crippen molar-refractivity contribution in [3.8, 4) is 11.8 Å². The first kappa shape index (κ1) is 16.8. The molecule has 1 nitrogen and oxygen atoms in total. The Balaban J connectivity index is 1.88. The highest BCUT2D eigenvalue weighted by molar-refractivity contribution is 5.39. The van der Waals surface area contributed by atoms with Crippen molar-refractivity contribution in [2.75, 3.05) is 0 Å². The fraction of sp³-hybridized carbons (Fsp3) is 0.391. The van der Waals surface area contributed by atoms with Crippen LogP contribution in [0.4, 0.5) is 0 Å².